The highest BCUT2D eigenvalue weighted by Gasteiger charge is 2.19. The molecule has 2 aromatic heterocycles. The molecule has 0 atom stereocenters. The molecular formula is C16H18N4O. The molecule has 2 heterocycles. The molecule has 3 rings (SSSR count). The van der Waals surface area contributed by atoms with Gasteiger partial charge in [-0.15, -0.1) is 0 Å². The summed E-state index contributed by atoms with van der Waals surface area (Å²) in [6.45, 7) is 6.28. The Labute approximate surface area is 123 Å². The zero-order chi connectivity index (χ0) is 15.0. The highest BCUT2D eigenvalue weighted by atomic mass is 16.5. The molecule has 0 saturated heterocycles. The van der Waals surface area contributed by atoms with Gasteiger partial charge in [-0.05, 0) is 24.0 Å². The largest absolute Gasteiger partial charge is 0.367 e. The standard InChI is InChI=1S/C16H18N4O/c1-9(2)11-4-6-12(7-5-11)14-15(20-21-16(14)17)13-8-18-19-10(13)3/h4-9H,17H2,1-3H3,(H,18,19). The van der Waals surface area contributed by atoms with E-state index in [1.165, 1.54) is 5.56 Å². The zero-order valence-corrected chi connectivity index (χ0v) is 12.3. The third-order valence-electron chi connectivity index (χ3n) is 3.67. The van der Waals surface area contributed by atoms with Crippen molar-refractivity contribution in [1.82, 2.24) is 15.4 Å². The van der Waals surface area contributed by atoms with Crippen molar-refractivity contribution in [3.8, 4) is 22.4 Å². The Kier molecular flexibility index (Phi) is 3.25. The number of hydrogen-bond acceptors (Lipinski definition) is 4. The van der Waals surface area contributed by atoms with Gasteiger partial charge in [-0.1, -0.05) is 43.3 Å². The maximum Gasteiger partial charge on any atom is 0.230 e. The summed E-state index contributed by atoms with van der Waals surface area (Å²) in [4.78, 5) is 0. The molecule has 0 saturated carbocycles. The van der Waals surface area contributed by atoms with Crippen LogP contribution in [0.25, 0.3) is 22.4 Å². The van der Waals surface area contributed by atoms with Crippen LogP contribution in [0.3, 0.4) is 0 Å². The Hall–Kier alpha value is -2.56. The average molecular weight is 282 g/mol. The van der Waals surface area contributed by atoms with Crippen molar-refractivity contribution in [3.63, 3.8) is 0 Å². The van der Waals surface area contributed by atoms with Gasteiger partial charge >= 0.3 is 0 Å². The lowest BCUT2D eigenvalue weighted by Gasteiger charge is -2.07. The molecule has 0 amide bonds. The molecule has 3 aromatic rings. The lowest BCUT2D eigenvalue weighted by atomic mass is 9.97. The van der Waals surface area contributed by atoms with Crippen molar-refractivity contribution in [3.05, 3.63) is 41.7 Å². The van der Waals surface area contributed by atoms with E-state index in [0.717, 1.165) is 28.1 Å². The zero-order valence-electron chi connectivity index (χ0n) is 12.3. The van der Waals surface area contributed by atoms with Gasteiger partial charge in [0.05, 0.1) is 11.8 Å². The number of benzene rings is 1. The second kappa shape index (κ2) is 5.09. The molecule has 0 aliphatic carbocycles. The van der Waals surface area contributed by atoms with Gasteiger partial charge in [-0.2, -0.15) is 5.10 Å². The quantitative estimate of drug-likeness (QED) is 0.766. The molecule has 1 aromatic carbocycles. The van der Waals surface area contributed by atoms with Gasteiger partial charge < -0.3 is 10.3 Å². The fraction of sp³-hybridized carbons (Fsp3) is 0.250. The normalized spacial score (nSPS) is 11.2. The fourth-order valence-corrected chi connectivity index (χ4v) is 2.39. The predicted octanol–water partition coefficient (Wildman–Crippen LogP) is 3.75. The van der Waals surface area contributed by atoms with Crippen LogP contribution in [0, 0.1) is 6.92 Å². The smallest absolute Gasteiger partial charge is 0.230 e. The number of nitrogens with one attached hydrogen (secondary N) is 1. The maximum absolute atomic E-state index is 5.97. The predicted molar refractivity (Wildman–Crippen MR) is 82.8 cm³/mol. The summed E-state index contributed by atoms with van der Waals surface area (Å²) in [5, 5.41) is 11.0. The van der Waals surface area contributed by atoms with Crippen molar-refractivity contribution in [2.24, 2.45) is 0 Å². The number of nitrogen functional groups attached to an aromatic ring is 1. The van der Waals surface area contributed by atoms with Gasteiger partial charge in [-0.3, -0.25) is 5.10 Å². The molecule has 0 fully saturated rings. The number of nitrogens with two attached hydrogens (primary N) is 1. The number of nitrogens with zero attached hydrogens (tertiary/aromatic N) is 2. The molecule has 3 N–H and O–H groups in total. The number of hydrogen-bond donors (Lipinski definition) is 2. The number of aromatic amines is 1. The number of anilines is 1. The van der Waals surface area contributed by atoms with Crippen molar-refractivity contribution in [1.29, 1.82) is 0 Å². The second-order valence-corrected chi connectivity index (χ2v) is 5.46. The number of aryl methyl sites for hydroxylation is 1. The minimum absolute atomic E-state index is 0.322. The summed E-state index contributed by atoms with van der Waals surface area (Å²) in [5.74, 6) is 0.817. The van der Waals surface area contributed by atoms with E-state index in [4.69, 9.17) is 10.3 Å². The maximum atomic E-state index is 5.97. The van der Waals surface area contributed by atoms with Crippen LogP contribution < -0.4 is 5.73 Å². The Bertz CT molecular complexity index is 753. The van der Waals surface area contributed by atoms with E-state index >= 15 is 0 Å². The molecule has 0 bridgehead atoms. The van der Waals surface area contributed by atoms with Crippen LogP contribution >= 0.6 is 0 Å². The number of rotatable bonds is 3. The highest BCUT2D eigenvalue weighted by molar-refractivity contribution is 5.87. The molecule has 0 radical (unpaired) electrons. The van der Waals surface area contributed by atoms with Crippen LogP contribution in [0.5, 0.6) is 0 Å². The van der Waals surface area contributed by atoms with Crippen LogP contribution in [-0.4, -0.2) is 15.4 Å². The van der Waals surface area contributed by atoms with E-state index < -0.39 is 0 Å². The fourth-order valence-electron chi connectivity index (χ4n) is 2.39. The molecular weight excluding hydrogens is 264 g/mol. The molecule has 0 aliphatic rings. The minimum Gasteiger partial charge on any atom is -0.367 e. The van der Waals surface area contributed by atoms with E-state index in [0.29, 0.717) is 11.8 Å². The SMILES string of the molecule is Cc1[nH]ncc1-c1noc(N)c1-c1ccc(C(C)C)cc1. The van der Waals surface area contributed by atoms with Crippen molar-refractivity contribution >= 4 is 5.88 Å². The molecule has 5 heteroatoms. The van der Waals surface area contributed by atoms with Gasteiger partial charge in [0.15, 0.2) is 0 Å². The first-order valence-corrected chi connectivity index (χ1v) is 6.93. The van der Waals surface area contributed by atoms with Gasteiger partial charge in [0.1, 0.15) is 5.69 Å². The minimum atomic E-state index is 0.322. The molecule has 0 spiro atoms. The summed E-state index contributed by atoms with van der Waals surface area (Å²) in [7, 11) is 0. The van der Waals surface area contributed by atoms with Crippen molar-refractivity contribution in [2.75, 3.05) is 5.73 Å². The van der Waals surface area contributed by atoms with Gasteiger partial charge in [-0.25, -0.2) is 0 Å². The van der Waals surface area contributed by atoms with Gasteiger partial charge in [0.25, 0.3) is 0 Å². The van der Waals surface area contributed by atoms with E-state index in [1.54, 1.807) is 6.20 Å². The summed E-state index contributed by atoms with van der Waals surface area (Å²) >= 11 is 0. The van der Waals surface area contributed by atoms with Crippen molar-refractivity contribution < 1.29 is 4.52 Å². The molecule has 0 aliphatic heterocycles. The summed E-state index contributed by atoms with van der Waals surface area (Å²) in [6.07, 6.45) is 1.73. The topological polar surface area (TPSA) is 80.7 Å². The van der Waals surface area contributed by atoms with Gasteiger partial charge in [0.2, 0.25) is 5.88 Å². The summed E-state index contributed by atoms with van der Waals surface area (Å²) in [6, 6.07) is 8.32. The Morgan fingerprint density at radius 1 is 1.19 bits per heavy atom. The summed E-state index contributed by atoms with van der Waals surface area (Å²) in [5.41, 5.74) is 11.6. The lowest BCUT2D eigenvalue weighted by Crippen LogP contribution is -1.90. The van der Waals surface area contributed by atoms with Crippen LogP contribution in [-0.2, 0) is 0 Å². The first kappa shape index (κ1) is 13.4. The van der Waals surface area contributed by atoms with E-state index in [9.17, 15) is 0 Å². The highest BCUT2D eigenvalue weighted by Crippen LogP contribution is 2.37. The first-order valence-electron chi connectivity index (χ1n) is 6.93. The van der Waals surface area contributed by atoms with E-state index in [2.05, 4.69) is 53.5 Å². The van der Waals surface area contributed by atoms with Crippen LogP contribution in [0.1, 0.15) is 31.0 Å². The average Bonchev–Trinajstić information content (AvgIpc) is 3.04. The van der Waals surface area contributed by atoms with E-state index in [-0.39, 0.29) is 0 Å². The van der Waals surface area contributed by atoms with Crippen LogP contribution in [0.15, 0.2) is 35.0 Å². The Morgan fingerprint density at radius 3 is 2.48 bits per heavy atom. The monoisotopic (exact) mass is 282 g/mol. The Morgan fingerprint density at radius 2 is 1.90 bits per heavy atom. The third kappa shape index (κ3) is 2.31. The molecule has 5 nitrogen and oxygen atoms in total. The molecule has 108 valence electrons. The molecule has 0 unspecified atom stereocenters. The molecule has 21 heavy (non-hydrogen) atoms. The van der Waals surface area contributed by atoms with Crippen LogP contribution in [0.4, 0.5) is 5.88 Å². The Balaban J connectivity index is 2.10. The van der Waals surface area contributed by atoms with E-state index in [1.807, 2.05) is 6.92 Å². The van der Waals surface area contributed by atoms with Crippen LogP contribution in [0.2, 0.25) is 0 Å². The summed E-state index contributed by atoms with van der Waals surface area (Å²) < 4.78 is 5.19. The second-order valence-electron chi connectivity index (χ2n) is 5.46. The lowest BCUT2D eigenvalue weighted by molar-refractivity contribution is 0.439. The third-order valence-corrected chi connectivity index (χ3v) is 3.67. The van der Waals surface area contributed by atoms with Gasteiger partial charge in [0, 0.05) is 11.3 Å². The number of aromatic nitrogens is 3. The first-order chi connectivity index (χ1) is 10.1. The van der Waals surface area contributed by atoms with Crippen molar-refractivity contribution in [2.45, 2.75) is 26.7 Å². The number of H-pyrrole nitrogens is 1.